The van der Waals surface area contributed by atoms with Crippen LogP contribution in [0.2, 0.25) is 0 Å². The molecule has 9 nitrogen and oxygen atoms in total. The topological polar surface area (TPSA) is 91.9 Å². The summed E-state index contributed by atoms with van der Waals surface area (Å²) in [7, 11) is 1.70. The second-order valence-electron chi connectivity index (χ2n) is 8.13. The van der Waals surface area contributed by atoms with E-state index in [1.807, 2.05) is 4.90 Å². The summed E-state index contributed by atoms with van der Waals surface area (Å²) in [6, 6.07) is 2.69. The van der Waals surface area contributed by atoms with E-state index in [0.717, 1.165) is 57.0 Å². The smallest absolute Gasteiger partial charge is 0.219 e. The van der Waals surface area contributed by atoms with Gasteiger partial charge in [0.2, 0.25) is 5.91 Å². The van der Waals surface area contributed by atoms with E-state index < -0.39 is 0 Å². The van der Waals surface area contributed by atoms with Crippen molar-refractivity contribution in [1.82, 2.24) is 25.7 Å². The summed E-state index contributed by atoms with van der Waals surface area (Å²) in [5.74, 6) is 1.51. The molecular weight excluding hydrogens is 372 g/mol. The van der Waals surface area contributed by atoms with E-state index >= 15 is 0 Å². The first-order valence-corrected chi connectivity index (χ1v) is 10.6. The van der Waals surface area contributed by atoms with Crippen LogP contribution in [-0.2, 0) is 14.3 Å². The Bertz CT molecular complexity index is 697. The largest absolute Gasteiger partial charge is 0.382 e. The third kappa shape index (κ3) is 4.69. The summed E-state index contributed by atoms with van der Waals surface area (Å²) >= 11 is 0. The van der Waals surface area contributed by atoms with Gasteiger partial charge in [0.15, 0.2) is 0 Å². The number of hydrazine groups is 1. The van der Waals surface area contributed by atoms with Gasteiger partial charge in [0, 0.05) is 58.2 Å². The number of hydrogen-bond acceptors (Lipinski definition) is 8. The molecule has 0 radical (unpaired) electrons. The van der Waals surface area contributed by atoms with Gasteiger partial charge in [0.1, 0.15) is 12.1 Å². The van der Waals surface area contributed by atoms with Crippen LogP contribution in [0.5, 0.6) is 0 Å². The van der Waals surface area contributed by atoms with Crippen molar-refractivity contribution in [3.8, 4) is 0 Å². The Balaban J connectivity index is 1.41. The number of aromatic nitrogens is 2. The highest BCUT2D eigenvalue weighted by Crippen LogP contribution is 2.38. The molecule has 4 unspecified atom stereocenters. The molecule has 3 fully saturated rings. The monoisotopic (exact) mass is 404 g/mol. The van der Waals surface area contributed by atoms with Crippen molar-refractivity contribution in [3.63, 3.8) is 0 Å². The normalized spacial score (nSPS) is 29.7. The zero-order valence-corrected chi connectivity index (χ0v) is 17.3. The summed E-state index contributed by atoms with van der Waals surface area (Å²) in [5.41, 5.74) is 7.94. The Kier molecular flexibility index (Phi) is 6.59. The molecule has 1 saturated carbocycles. The molecule has 4 atom stereocenters. The summed E-state index contributed by atoms with van der Waals surface area (Å²) in [6.45, 7) is 5.99. The Morgan fingerprint density at radius 1 is 1.17 bits per heavy atom. The number of anilines is 1. The molecule has 2 saturated heterocycles. The second kappa shape index (κ2) is 9.34. The summed E-state index contributed by atoms with van der Waals surface area (Å²) in [5, 5.41) is 0. The minimum Gasteiger partial charge on any atom is -0.382 e. The van der Waals surface area contributed by atoms with E-state index in [-0.39, 0.29) is 18.1 Å². The fourth-order valence-corrected chi connectivity index (χ4v) is 4.71. The summed E-state index contributed by atoms with van der Waals surface area (Å²) in [4.78, 5) is 24.8. The van der Waals surface area contributed by atoms with Crippen molar-refractivity contribution in [3.05, 3.63) is 18.1 Å². The van der Waals surface area contributed by atoms with Gasteiger partial charge < -0.3 is 19.3 Å². The number of methoxy groups -OCH3 is 1. The SMILES string of the molecule is COCCOC1CCC2NNC(c3cc(N4CCN(C(C)=O)CC4)ncn3)C2C1. The minimum atomic E-state index is 0.139. The van der Waals surface area contributed by atoms with Crippen molar-refractivity contribution in [1.29, 1.82) is 0 Å². The molecule has 1 aliphatic carbocycles. The maximum atomic E-state index is 11.6. The van der Waals surface area contributed by atoms with Gasteiger partial charge in [0.25, 0.3) is 0 Å². The lowest BCUT2D eigenvalue weighted by molar-refractivity contribution is -0.129. The third-order valence-electron chi connectivity index (χ3n) is 6.39. The minimum absolute atomic E-state index is 0.139. The highest BCUT2D eigenvalue weighted by Gasteiger charge is 2.42. The number of piperazine rings is 1. The average Bonchev–Trinajstić information content (AvgIpc) is 3.17. The van der Waals surface area contributed by atoms with E-state index in [4.69, 9.17) is 9.47 Å². The van der Waals surface area contributed by atoms with Crippen LogP contribution in [0.3, 0.4) is 0 Å². The number of ether oxygens (including phenoxy) is 2. The van der Waals surface area contributed by atoms with Crippen LogP contribution >= 0.6 is 0 Å². The third-order valence-corrected chi connectivity index (χ3v) is 6.39. The molecule has 1 amide bonds. The van der Waals surface area contributed by atoms with Crippen LogP contribution in [0.4, 0.5) is 5.82 Å². The summed E-state index contributed by atoms with van der Waals surface area (Å²) in [6.07, 6.45) is 5.11. The van der Waals surface area contributed by atoms with Crippen LogP contribution < -0.4 is 15.8 Å². The lowest BCUT2D eigenvalue weighted by atomic mass is 9.79. The quantitative estimate of drug-likeness (QED) is 0.662. The van der Waals surface area contributed by atoms with Crippen LogP contribution in [0.1, 0.15) is 37.9 Å². The van der Waals surface area contributed by atoms with Crippen molar-refractivity contribution in [2.75, 3.05) is 51.4 Å². The molecule has 0 spiro atoms. The molecule has 1 aromatic rings. The lowest BCUT2D eigenvalue weighted by Crippen LogP contribution is -2.48. The Hall–Kier alpha value is -1.81. The number of carbonyl (C=O) groups is 1. The number of rotatable bonds is 6. The number of nitrogens with zero attached hydrogens (tertiary/aromatic N) is 4. The molecule has 1 aromatic heterocycles. The van der Waals surface area contributed by atoms with Crippen LogP contribution in [0, 0.1) is 5.92 Å². The van der Waals surface area contributed by atoms with Gasteiger partial charge in [-0.05, 0) is 19.3 Å². The van der Waals surface area contributed by atoms with E-state index in [2.05, 4.69) is 31.8 Å². The number of fused-ring (bicyclic) bond motifs is 1. The van der Waals surface area contributed by atoms with E-state index in [0.29, 0.717) is 25.2 Å². The molecule has 2 N–H and O–H groups in total. The zero-order chi connectivity index (χ0) is 20.2. The lowest BCUT2D eigenvalue weighted by Gasteiger charge is -2.35. The second-order valence-corrected chi connectivity index (χ2v) is 8.13. The van der Waals surface area contributed by atoms with E-state index in [1.54, 1.807) is 20.4 Å². The molecule has 0 aromatic carbocycles. The molecule has 160 valence electrons. The molecule has 4 rings (SSSR count). The highest BCUT2D eigenvalue weighted by atomic mass is 16.5. The maximum absolute atomic E-state index is 11.6. The summed E-state index contributed by atoms with van der Waals surface area (Å²) < 4.78 is 11.1. The molecule has 0 bridgehead atoms. The number of carbonyl (C=O) groups excluding carboxylic acids is 1. The first kappa shape index (κ1) is 20.5. The average molecular weight is 405 g/mol. The fourth-order valence-electron chi connectivity index (χ4n) is 4.71. The van der Waals surface area contributed by atoms with Gasteiger partial charge >= 0.3 is 0 Å². The van der Waals surface area contributed by atoms with Gasteiger partial charge in [0.05, 0.1) is 31.1 Å². The maximum Gasteiger partial charge on any atom is 0.219 e. The molecular formula is C20H32N6O3. The molecule has 3 aliphatic rings. The predicted molar refractivity (Wildman–Crippen MR) is 108 cm³/mol. The van der Waals surface area contributed by atoms with Crippen LogP contribution in [0.15, 0.2) is 12.4 Å². The Morgan fingerprint density at radius 3 is 2.76 bits per heavy atom. The van der Waals surface area contributed by atoms with Crippen molar-refractivity contribution in [2.45, 2.75) is 44.4 Å². The van der Waals surface area contributed by atoms with Gasteiger partial charge in [-0.3, -0.25) is 10.2 Å². The standard InChI is InChI=1S/C20H32N6O3/c1-14(27)25-5-7-26(8-6-25)19-12-18(21-13-22-19)20-16-11-15(29-10-9-28-2)3-4-17(16)23-24-20/h12-13,15-17,20,23-24H,3-11H2,1-2H3. The van der Waals surface area contributed by atoms with Crippen molar-refractivity contribution in [2.24, 2.45) is 5.92 Å². The first-order valence-electron chi connectivity index (χ1n) is 10.6. The van der Waals surface area contributed by atoms with Gasteiger partial charge in [-0.15, -0.1) is 0 Å². The number of nitrogens with one attached hydrogen (secondary N) is 2. The van der Waals surface area contributed by atoms with E-state index in [1.165, 1.54) is 0 Å². The van der Waals surface area contributed by atoms with Gasteiger partial charge in [-0.2, -0.15) is 0 Å². The number of hydrogen-bond donors (Lipinski definition) is 2. The van der Waals surface area contributed by atoms with Crippen LogP contribution in [-0.4, -0.2) is 79.4 Å². The number of amides is 1. The van der Waals surface area contributed by atoms with Gasteiger partial charge in [-0.1, -0.05) is 0 Å². The van der Waals surface area contributed by atoms with E-state index in [9.17, 15) is 4.79 Å². The molecule has 2 aliphatic heterocycles. The Labute approximate surface area is 172 Å². The molecule has 3 heterocycles. The van der Waals surface area contributed by atoms with Crippen molar-refractivity contribution >= 4 is 11.7 Å². The predicted octanol–water partition coefficient (Wildman–Crippen LogP) is 0.494. The zero-order valence-electron chi connectivity index (χ0n) is 17.3. The van der Waals surface area contributed by atoms with Crippen LogP contribution in [0.25, 0.3) is 0 Å². The molecule has 29 heavy (non-hydrogen) atoms. The fraction of sp³-hybridized carbons (Fsp3) is 0.750. The molecule has 9 heteroatoms. The first-order chi connectivity index (χ1) is 14.2. The van der Waals surface area contributed by atoms with Crippen molar-refractivity contribution < 1.29 is 14.3 Å². The highest BCUT2D eigenvalue weighted by molar-refractivity contribution is 5.73. The van der Waals surface area contributed by atoms with Gasteiger partial charge in [-0.25, -0.2) is 15.4 Å². The Morgan fingerprint density at radius 2 is 2.00 bits per heavy atom.